The van der Waals surface area contributed by atoms with E-state index in [2.05, 4.69) is 39.7 Å². The quantitative estimate of drug-likeness (QED) is 0.549. The highest BCUT2D eigenvalue weighted by Gasteiger charge is 2.42. The number of nitrogens with one attached hydrogen (secondary N) is 1. The average Bonchev–Trinajstić information content (AvgIpc) is 3.26. The molecular weight excluding hydrogens is 411 g/mol. The van der Waals surface area contributed by atoms with Crippen molar-refractivity contribution in [3.8, 4) is 5.69 Å². The van der Waals surface area contributed by atoms with Crippen LogP contribution in [-0.2, 0) is 0 Å². The Bertz CT molecular complexity index is 1000. The van der Waals surface area contributed by atoms with E-state index in [1.54, 1.807) is 6.07 Å². The minimum atomic E-state index is -0.0594. The standard InChI is InChI=1S/C21H20Cl2N4S/c1-13(2)27-20(19(25-21(27)28)16-6-3-4-10-24-16)18-7-5-11-26(18)17-9-8-14(22)12-15(17)23/h3-13,19-20H,1-2H3,(H,25,28). The first-order chi connectivity index (χ1) is 13.5. The molecule has 1 fully saturated rings. The summed E-state index contributed by atoms with van der Waals surface area (Å²) in [5, 5.41) is 5.41. The second-order valence-corrected chi connectivity index (χ2v) is 8.26. The van der Waals surface area contributed by atoms with Gasteiger partial charge in [0, 0.05) is 29.2 Å². The zero-order valence-electron chi connectivity index (χ0n) is 15.5. The van der Waals surface area contributed by atoms with Gasteiger partial charge in [-0.2, -0.15) is 0 Å². The van der Waals surface area contributed by atoms with E-state index < -0.39 is 0 Å². The molecule has 1 N–H and O–H groups in total. The van der Waals surface area contributed by atoms with Crippen molar-refractivity contribution in [3.05, 3.63) is 82.4 Å². The van der Waals surface area contributed by atoms with Crippen LogP contribution in [0.4, 0.5) is 0 Å². The molecule has 2 atom stereocenters. The average molecular weight is 431 g/mol. The van der Waals surface area contributed by atoms with Crippen LogP contribution in [-0.4, -0.2) is 25.6 Å². The highest BCUT2D eigenvalue weighted by Crippen LogP contribution is 2.41. The molecule has 4 nitrogen and oxygen atoms in total. The van der Waals surface area contributed by atoms with Gasteiger partial charge in [0.1, 0.15) is 0 Å². The minimum Gasteiger partial charge on any atom is -0.352 e. The van der Waals surface area contributed by atoms with E-state index in [1.165, 1.54) is 0 Å². The van der Waals surface area contributed by atoms with Crippen LogP contribution >= 0.6 is 35.4 Å². The first-order valence-corrected chi connectivity index (χ1v) is 10.3. The number of hydrogen-bond donors (Lipinski definition) is 1. The smallest absolute Gasteiger partial charge is 0.170 e. The number of pyridine rings is 1. The van der Waals surface area contributed by atoms with E-state index in [-0.39, 0.29) is 18.1 Å². The van der Waals surface area contributed by atoms with Crippen LogP contribution in [0.15, 0.2) is 60.9 Å². The van der Waals surface area contributed by atoms with E-state index >= 15 is 0 Å². The van der Waals surface area contributed by atoms with Crippen LogP contribution < -0.4 is 5.32 Å². The summed E-state index contributed by atoms with van der Waals surface area (Å²) in [7, 11) is 0. The third-order valence-electron chi connectivity index (χ3n) is 4.94. The van der Waals surface area contributed by atoms with Crippen LogP contribution in [0.25, 0.3) is 5.69 Å². The number of benzene rings is 1. The summed E-state index contributed by atoms with van der Waals surface area (Å²) in [5.41, 5.74) is 2.92. The van der Waals surface area contributed by atoms with Gasteiger partial charge in [-0.25, -0.2) is 0 Å². The first-order valence-electron chi connectivity index (χ1n) is 9.10. The highest BCUT2D eigenvalue weighted by atomic mass is 35.5. The van der Waals surface area contributed by atoms with E-state index in [0.29, 0.717) is 10.0 Å². The molecule has 1 saturated heterocycles. The second kappa shape index (κ2) is 7.74. The molecular formula is C21H20Cl2N4S. The first kappa shape index (κ1) is 19.2. The van der Waals surface area contributed by atoms with Gasteiger partial charge in [0.15, 0.2) is 5.11 Å². The maximum Gasteiger partial charge on any atom is 0.170 e. The van der Waals surface area contributed by atoms with E-state index in [9.17, 15) is 0 Å². The predicted molar refractivity (Wildman–Crippen MR) is 118 cm³/mol. The van der Waals surface area contributed by atoms with Crippen LogP contribution in [0.1, 0.15) is 37.3 Å². The van der Waals surface area contributed by atoms with Crippen molar-refractivity contribution in [2.45, 2.75) is 32.0 Å². The molecule has 1 aliphatic heterocycles. The summed E-state index contributed by atoms with van der Waals surface area (Å²) in [4.78, 5) is 6.81. The lowest BCUT2D eigenvalue weighted by Crippen LogP contribution is -2.36. The van der Waals surface area contributed by atoms with Crippen molar-refractivity contribution >= 4 is 40.5 Å². The number of thiocarbonyl (C=S) groups is 1. The number of nitrogens with zero attached hydrogens (tertiary/aromatic N) is 3. The fraction of sp³-hybridized carbons (Fsp3) is 0.238. The Morgan fingerprint density at radius 3 is 2.61 bits per heavy atom. The van der Waals surface area contributed by atoms with Gasteiger partial charge in [0.25, 0.3) is 0 Å². The van der Waals surface area contributed by atoms with Gasteiger partial charge in [-0.3, -0.25) is 4.98 Å². The summed E-state index contributed by atoms with van der Waals surface area (Å²) >= 11 is 18.3. The van der Waals surface area contributed by atoms with Crippen molar-refractivity contribution in [1.82, 2.24) is 19.8 Å². The molecule has 0 amide bonds. The van der Waals surface area contributed by atoms with Gasteiger partial charge in [-0.1, -0.05) is 29.3 Å². The maximum absolute atomic E-state index is 6.51. The molecule has 1 aromatic carbocycles. The molecule has 3 aromatic rings. The van der Waals surface area contributed by atoms with Gasteiger partial charge >= 0.3 is 0 Å². The molecule has 1 aliphatic rings. The number of hydrogen-bond acceptors (Lipinski definition) is 2. The van der Waals surface area contributed by atoms with Gasteiger partial charge in [-0.05, 0) is 68.5 Å². The topological polar surface area (TPSA) is 33.1 Å². The minimum absolute atomic E-state index is 0.0239. The Morgan fingerprint density at radius 2 is 1.93 bits per heavy atom. The Labute approximate surface area is 180 Å². The number of aromatic nitrogens is 2. The lowest BCUT2D eigenvalue weighted by atomic mass is 10.0. The Kier molecular flexibility index (Phi) is 5.32. The zero-order chi connectivity index (χ0) is 19.8. The molecule has 7 heteroatoms. The lowest BCUT2D eigenvalue weighted by Gasteiger charge is -2.32. The molecule has 0 radical (unpaired) electrons. The van der Waals surface area contributed by atoms with Gasteiger partial charge in [0.05, 0.1) is 28.5 Å². The molecule has 3 heterocycles. The van der Waals surface area contributed by atoms with E-state index in [0.717, 1.165) is 22.2 Å². The van der Waals surface area contributed by atoms with Crippen molar-refractivity contribution in [2.75, 3.05) is 0 Å². The molecule has 0 spiro atoms. The lowest BCUT2D eigenvalue weighted by molar-refractivity contribution is 0.262. The highest BCUT2D eigenvalue weighted by molar-refractivity contribution is 7.80. The van der Waals surface area contributed by atoms with Crippen molar-refractivity contribution in [1.29, 1.82) is 0 Å². The molecule has 0 bridgehead atoms. The molecule has 2 unspecified atom stereocenters. The molecule has 2 aromatic heterocycles. The summed E-state index contributed by atoms with van der Waals surface area (Å²) < 4.78 is 2.10. The Balaban J connectivity index is 1.85. The molecule has 28 heavy (non-hydrogen) atoms. The SMILES string of the molecule is CC(C)N1C(=S)NC(c2ccccn2)C1c1cccn1-c1ccc(Cl)cc1Cl. The van der Waals surface area contributed by atoms with Crippen LogP contribution in [0.3, 0.4) is 0 Å². The zero-order valence-corrected chi connectivity index (χ0v) is 17.8. The van der Waals surface area contributed by atoms with Crippen molar-refractivity contribution in [3.63, 3.8) is 0 Å². The summed E-state index contributed by atoms with van der Waals surface area (Å²) in [6, 6.07) is 15.8. The van der Waals surface area contributed by atoms with Crippen LogP contribution in [0.2, 0.25) is 10.0 Å². The molecule has 4 rings (SSSR count). The van der Waals surface area contributed by atoms with Gasteiger partial charge in [-0.15, -0.1) is 0 Å². The normalized spacial score (nSPS) is 19.3. The van der Waals surface area contributed by atoms with E-state index in [4.69, 9.17) is 35.4 Å². The summed E-state index contributed by atoms with van der Waals surface area (Å²) in [6.45, 7) is 4.29. The fourth-order valence-corrected chi connectivity index (χ4v) is 4.72. The predicted octanol–water partition coefficient (Wildman–Crippen LogP) is 5.56. The maximum atomic E-state index is 6.51. The van der Waals surface area contributed by atoms with Crippen molar-refractivity contribution < 1.29 is 0 Å². The summed E-state index contributed by atoms with van der Waals surface area (Å²) in [5.74, 6) is 0. The van der Waals surface area contributed by atoms with E-state index in [1.807, 2.05) is 48.8 Å². The van der Waals surface area contributed by atoms with Crippen LogP contribution in [0, 0.1) is 0 Å². The van der Waals surface area contributed by atoms with Gasteiger partial charge in [0.2, 0.25) is 0 Å². The number of rotatable bonds is 4. The second-order valence-electron chi connectivity index (χ2n) is 7.03. The van der Waals surface area contributed by atoms with Crippen LogP contribution in [0.5, 0.6) is 0 Å². The third kappa shape index (κ3) is 3.39. The van der Waals surface area contributed by atoms with Crippen molar-refractivity contribution in [2.24, 2.45) is 0 Å². The Hall–Kier alpha value is -2.08. The molecule has 0 aliphatic carbocycles. The molecule has 144 valence electrons. The summed E-state index contributed by atoms with van der Waals surface area (Å²) in [6.07, 6.45) is 3.82. The number of halogens is 2. The largest absolute Gasteiger partial charge is 0.352 e. The fourth-order valence-electron chi connectivity index (χ4n) is 3.77. The van der Waals surface area contributed by atoms with Gasteiger partial charge < -0.3 is 14.8 Å². The Morgan fingerprint density at radius 1 is 1.11 bits per heavy atom. The third-order valence-corrected chi connectivity index (χ3v) is 5.81. The molecule has 0 saturated carbocycles. The monoisotopic (exact) mass is 430 g/mol.